The second-order valence-electron chi connectivity index (χ2n) is 6.30. The van der Waals surface area contributed by atoms with Gasteiger partial charge in [0.2, 0.25) is 0 Å². The summed E-state index contributed by atoms with van der Waals surface area (Å²) in [5.74, 6) is 0.446. The molecule has 1 heterocycles. The Labute approximate surface area is 167 Å². The molecule has 0 fully saturated rings. The Hall–Kier alpha value is -3.48. The molecular weight excluding hydrogens is 376 g/mol. The number of rotatable bonds is 7. The van der Waals surface area contributed by atoms with Gasteiger partial charge in [-0.2, -0.15) is 0 Å². The van der Waals surface area contributed by atoms with E-state index in [0.717, 1.165) is 0 Å². The topological polar surface area (TPSA) is 95.2 Å². The number of esters is 1. The van der Waals surface area contributed by atoms with Gasteiger partial charge in [-0.15, -0.1) is 0 Å². The van der Waals surface area contributed by atoms with Gasteiger partial charge in [0.1, 0.15) is 17.9 Å². The van der Waals surface area contributed by atoms with Gasteiger partial charge < -0.3 is 23.7 Å². The number of carbonyl (C=O) groups excluding carboxylic acids is 1. The molecule has 0 spiro atoms. The van der Waals surface area contributed by atoms with E-state index in [0.29, 0.717) is 46.6 Å². The Balaban J connectivity index is 1.86. The summed E-state index contributed by atoms with van der Waals surface area (Å²) in [6, 6.07) is 9.18. The van der Waals surface area contributed by atoms with Crippen LogP contribution in [0.1, 0.15) is 35.3 Å². The molecule has 152 valence electrons. The van der Waals surface area contributed by atoms with Crippen molar-refractivity contribution in [1.29, 1.82) is 0 Å². The first-order valence-corrected chi connectivity index (χ1v) is 9.23. The van der Waals surface area contributed by atoms with Crippen LogP contribution in [0.15, 0.2) is 45.6 Å². The molecule has 0 radical (unpaired) electrons. The zero-order valence-corrected chi connectivity index (χ0v) is 16.5. The Morgan fingerprint density at radius 2 is 1.86 bits per heavy atom. The summed E-state index contributed by atoms with van der Waals surface area (Å²) in [5, 5.41) is 10.6. The number of aromatic hydroxyl groups is 1. The molecule has 0 amide bonds. The third kappa shape index (κ3) is 4.34. The molecule has 0 bridgehead atoms. The maximum atomic E-state index is 12.5. The molecule has 0 aliphatic carbocycles. The van der Waals surface area contributed by atoms with Crippen molar-refractivity contribution in [2.75, 3.05) is 13.7 Å². The second-order valence-corrected chi connectivity index (χ2v) is 6.30. The van der Waals surface area contributed by atoms with Gasteiger partial charge in [-0.25, -0.2) is 9.59 Å². The highest BCUT2D eigenvalue weighted by Gasteiger charge is 2.15. The van der Waals surface area contributed by atoms with E-state index in [1.54, 1.807) is 18.2 Å². The Kier molecular flexibility index (Phi) is 6.07. The first-order chi connectivity index (χ1) is 14.0. The molecule has 0 atom stereocenters. The Morgan fingerprint density at radius 3 is 2.55 bits per heavy atom. The van der Waals surface area contributed by atoms with E-state index in [1.165, 1.54) is 25.3 Å². The first kappa shape index (κ1) is 20.3. The average molecular weight is 398 g/mol. The minimum Gasteiger partial charge on any atom is -0.508 e. The van der Waals surface area contributed by atoms with E-state index in [1.807, 2.05) is 13.8 Å². The van der Waals surface area contributed by atoms with Crippen LogP contribution in [0.2, 0.25) is 0 Å². The lowest BCUT2D eigenvalue weighted by Gasteiger charge is -2.12. The Bertz CT molecular complexity index is 1100. The summed E-state index contributed by atoms with van der Waals surface area (Å²) < 4.78 is 21.2. The van der Waals surface area contributed by atoms with Crippen molar-refractivity contribution < 1.29 is 28.5 Å². The van der Waals surface area contributed by atoms with Crippen LogP contribution < -0.4 is 15.1 Å². The molecule has 3 aromatic rings. The fraction of sp³-hybridized carbons (Fsp3) is 0.273. The minimum absolute atomic E-state index is 0.0544. The number of carbonyl (C=O) groups is 1. The summed E-state index contributed by atoms with van der Waals surface area (Å²) in [5.41, 5.74) is 1.15. The number of hydrogen-bond donors (Lipinski definition) is 1. The molecular formula is C22H22O7. The lowest BCUT2D eigenvalue weighted by molar-refractivity contribution is 0.0473. The molecule has 3 rings (SSSR count). The molecule has 2 aromatic carbocycles. The van der Waals surface area contributed by atoms with E-state index in [2.05, 4.69) is 0 Å². The summed E-state index contributed by atoms with van der Waals surface area (Å²) in [7, 11) is 1.49. The zero-order valence-electron chi connectivity index (χ0n) is 16.5. The fourth-order valence-corrected chi connectivity index (χ4v) is 3.01. The van der Waals surface area contributed by atoms with Crippen LogP contribution in [0.25, 0.3) is 11.0 Å². The summed E-state index contributed by atoms with van der Waals surface area (Å²) in [6.45, 7) is 4.11. The van der Waals surface area contributed by atoms with Crippen LogP contribution in [0.4, 0.5) is 0 Å². The summed E-state index contributed by atoms with van der Waals surface area (Å²) >= 11 is 0. The molecule has 0 saturated heterocycles. The fourth-order valence-electron chi connectivity index (χ4n) is 3.01. The van der Waals surface area contributed by atoms with Gasteiger partial charge in [0.25, 0.3) is 0 Å². The van der Waals surface area contributed by atoms with Gasteiger partial charge in [-0.05, 0) is 43.2 Å². The molecule has 0 aliphatic rings. The number of phenolic OH excluding ortho intramolecular Hbond substituents is 1. The lowest BCUT2D eigenvalue weighted by atomic mass is 10.0. The molecule has 0 unspecified atom stereocenters. The summed E-state index contributed by atoms with van der Waals surface area (Å²) in [6.07, 6.45) is 0.603. The number of methoxy groups -OCH3 is 1. The maximum Gasteiger partial charge on any atom is 0.338 e. The molecule has 1 N–H and O–H groups in total. The highest BCUT2D eigenvalue weighted by Crippen LogP contribution is 2.29. The van der Waals surface area contributed by atoms with E-state index in [4.69, 9.17) is 18.6 Å². The predicted octanol–water partition coefficient (Wildman–Crippen LogP) is 3.83. The largest absolute Gasteiger partial charge is 0.508 e. The van der Waals surface area contributed by atoms with Gasteiger partial charge in [-0.3, -0.25) is 0 Å². The number of aryl methyl sites for hydroxylation is 1. The number of benzene rings is 2. The van der Waals surface area contributed by atoms with Crippen molar-refractivity contribution in [2.45, 2.75) is 26.9 Å². The van der Waals surface area contributed by atoms with Crippen LogP contribution in [0, 0.1) is 0 Å². The van der Waals surface area contributed by atoms with E-state index >= 15 is 0 Å². The van der Waals surface area contributed by atoms with E-state index in [-0.39, 0.29) is 17.9 Å². The third-order valence-electron chi connectivity index (χ3n) is 4.47. The molecule has 29 heavy (non-hydrogen) atoms. The third-order valence-corrected chi connectivity index (χ3v) is 4.47. The van der Waals surface area contributed by atoms with Crippen molar-refractivity contribution in [2.24, 2.45) is 0 Å². The Morgan fingerprint density at radius 1 is 1.07 bits per heavy atom. The van der Waals surface area contributed by atoms with Gasteiger partial charge in [-0.1, -0.05) is 6.92 Å². The normalized spacial score (nSPS) is 10.7. The number of hydrogen-bond acceptors (Lipinski definition) is 7. The maximum absolute atomic E-state index is 12.5. The van der Waals surface area contributed by atoms with Crippen LogP contribution >= 0.6 is 0 Å². The van der Waals surface area contributed by atoms with Crippen LogP contribution in [-0.4, -0.2) is 24.8 Å². The molecule has 0 saturated carbocycles. The van der Waals surface area contributed by atoms with E-state index in [9.17, 15) is 14.7 Å². The van der Waals surface area contributed by atoms with Gasteiger partial charge in [0.05, 0.1) is 19.3 Å². The molecule has 0 aliphatic heterocycles. The molecule has 7 heteroatoms. The van der Waals surface area contributed by atoms with Gasteiger partial charge in [0.15, 0.2) is 11.5 Å². The van der Waals surface area contributed by atoms with Crippen molar-refractivity contribution >= 4 is 16.9 Å². The van der Waals surface area contributed by atoms with Crippen LogP contribution in [0.5, 0.6) is 17.2 Å². The van der Waals surface area contributed by atoms with Crippen LogP contribution in [-0.2, 0) is 17.8 Å². The van der Waals surface area contributed by atoms with E-state index < -0.39 is 11.6 Å². The standard InChI is InChI=1S/C22H22O7/c1-4-13-8-16-15(10-21(24)29-19(16)11-17(13)23)12-28-22(25)14-6-7-18(27-5-2)20(9-14)26-3/h6-11,23H,4-5,12H2,1-3H3. The average Bonchev–Trinajstić information content (AvgIpc) is 2.71. The second kappa shape index (κ2) is 8.68. The summed E-state index contributed by atoms with van der Waals surface area (Å²) in [4.78, 5) is 24.3. The first-order valence-electron chi connectivity index (χ1n) is 9.23. The highest BCUT2D eigenvalue weighted by molar-refractivity contribution is 5.90. The van der Waals surface area contributed by atoms with Gasteiger partial charge in [0, 0.05) is 23.1 Å². The number of fused-ring (bicyclic) bond motifs is 1. The van der Waals surface area contributed by atoms with Crippen molar-refractivity contribution in [1.82, 2.24) is 0 Å². The van der Waals surface area contributed by atoms with Crippen molar-refractivity contribution in [3.05, 3.63) is 63.5 Å². The lowest BCUT2D eigenvalue weighted by Crippen LogP contribution is -2.08. The molecule has 7 nitrogen and oxygen atoms in total. The smallest absolute Gasteiger partial charge is 0.338 e. The van der Waals surface area contributed by atoms with Crippen molar-refractivity contribution in [3.63, 3.8) is 0 Å². The zero-order chi connectivity index (χ0) is 21.0. The van der Waals surface area contributed by atoms with Crippen molar-refractivity contribution in [3.8, 4) is 17.2 Å². The molecule has 1 aromatic heterocycles. The minimum atomic E-state index is -0.588. The highest BCUT2D eigenvalue weighted by atomic mass is 16.5. The predicted molar refractivity (Wildman–Crippen MR) is 107 cm³/mol. The number of ether oxygens (including phenoxy) is 3. The van der Waals surface area contributed by atoms with Crippen LogP contribution in [0.3, 0.4) is 0 Å². The van der Waals surface area contributed by atoms with Gasteiger partial charge >= 0.3 is 11.6 Å². The monoisotopic (exact) mass is 398 g/mol. The number of phenols is 1. The quantitative estimate of drug-likeness (QED) is 0.477. The SMILES string of the molecule is CCOc1ccc(C(=O)OCc2cc(=O)oc3cc(O)c(CC)cc23)cc1OC.